The molecule has 3 heterocycles. The normalized spacial score (nSPS) is 28.8. The second-order valence-corrected chi connectivity index (χ2v) is 8.53. The Bertz CT molecular complexity index is 621. The first kappa shape index (κ1) is 17.0. The molecule has 3 fully saturated rings. The van der Waals surface area contributed by atoms with Crippen molar-refractivity contribution in [1.82, 2.24) is 24.6 Å². The lowest BCUT2D eigenvalue weighted by Gasteiger charge is -2.42. The summed E-state index contributed by atoms with van der Waals surface area (Å²) < 4.78 is 2.14. The molecule has 1 aromatic heterocycles. The maximum absolute atomic E-state index is 13.3. The molecule has 1 amide bonds. The molecule has 4 rings (SSSR count). The van der Waals surface area contributed by atoms with Crippen LogP contribution in [-0.2, 0) is 11.3 Å². The number of nitrogens with zero attached hydrogens (tertiary/aromatic N) is 5. The number of hydrogen-bond acceptors (Lipinski definition) is 4. The molecule has 3 aliphatic rings. The van der Waals surface area contributed by atoms with Gasteiger partial charge in [-0.3, -0.25) is 9.69 Å². The first-order valence-corrected chi connectivity index (χ1v) is 10.0. The topological polar surface area (TPSA) is 54.3 Å². The van der Waals surface area contributed by atoms with E-state index in [0.717, 1.165) is 51.3 Å². The fraction of sp³-hybridized carbons (Fsp3) is 0.842. The molecule has 1 aliphatic carbocycles. The van der Waals surface area contributed by atoms with Gasteiger partial charge in [-0.15, -0.1) is 10.2 Å². The van der Waals surface area contributed by atoms with Crippen molar-refractivity contribution in [2.75, 3.05) is 19.6 Å². The number of carbonyl (C=O) groups excluding carboxylic acids is 1. The van der Waals surface area contributed by atoms with Gasteiger partial charge in [0.05, 0.1) is 12.0 Å². The minimum Gasteiger partial charge on any atom is -0.339 e. The van der Waals surface area contributed by atoms with E-state index in [1.54, 1.807) is 0 Å². The summed E-state index contributed by atoms with van der Waals surface area (Å²) in [6.45, 7) is 7.98. The summed E-state index contributed by atoms with van der Waals surface area (Å²) in [7, 11) is 0. The summed E-state index contributed by atoms with van der Waals surface area (Å²) >= 11 is 0. The summed E-state index contributed by atoms with van der Waals surface area (Å²) in [4.78, 5) is 18.0. The summed E-state index contributed by atoms with van der Waals surface area (Å²) in [6, 6.07) is 0.887. The quantitative estimate of drug-likeness (QED) is 0.842. The molecule has 0 aromatic carbocycles. The summed E-state index contributed by atoms with van der Waals surface area (Å²) in [6.07, 6.45) is 10.0. The molecule has 1 aromatic rings. The number of carbonyl (C=O) groups is 1. The molecule has 25 heavy (non-hydrogen) atoms. The molecule has 0 radical (unpaired) electrons. The monoisotopic (exact) mass is 345 g/mol. The number of piperidine rings is 1. The Hall–Kier alpha value is -1.43. The summed E-state index contributed by atoms with van der Waals surface area (Å²) in [5.74, 6) is 1.46. The van der Waals surface area contributed by atoms with Crippen molar-refractivity contribution in [3.05, 3.63) is 12.2 Å². The molecule has 6 nitrogen and oxygen atoms in total. The van der Waals surface area contributed by atoms with Crippen molar-refractivity contribution < 1.29 is 4.79 Å². The Balaban J connectivity index is 1.45. The van der Waals surface area contributed by atoms with Crippen LogP contribution in [0.1, 0.15) is 70.7 Å². The van der Waals surface area contributed by atoms with Crippen molar-refractivity contribution in [3.63, 3.8) is 0 Å². The molecular formula is C19H31N5O. The van der Waals surface area contributed by atoms with E-state index >= 15 is 0 Å². The predicted octanol–water partition coefficient (Wildman–Crippen LogP) is 2.62. The van der Waals surface area contributed by atoms with Crippen LogP contribution in [0.5, 0.6) is 0 Å². The fourth-order valence-electron chi connectivity index (χ4n) is 5.15. The van der Waals surface area contributed by atoms with Gasteiger partial charge in [-0.1, -0.05) is 12.8 Å². The van der Waals surface area contributed by atoms with Crippen LogP contribution in [0.15, 0.2) is 6.33 Å². The molecular weight excluding hydrogens is 314 g/mol. The van der Waals surface area contributed by atoms with Gasteiger partial charge in [0.2, 0.25) is 5.91 Å². The minimum atomic E-state index is -0.135. The third-order valence-corrected chi connectivity index (χ3v) is 6.54. The molecule has 0 N–H and O–H groups in total. The predicted molar refractivity (Wildman–Crippen MR) is 95.9 cm³/mol. The van der Waals surface area contributed by atoms with Crippen molar-refractivity contribution in [1.29, 1.82) is 0 Å². The van der Waals surface area contributed by atoms with Crippen LogP contribution in [0.2, 0.25) is 0 Å². The van der Waals surface area contributed by atoms with E-state index < -0.39 is 0 Å². The van der Waals surface area contributed by atoms with E-state index in [1.165, 1.54) is 25.7 Å². The first-order valence-electron chi connectivity index (χ1n) is 10.0. The van der Waals surface area contributed by atoms with Gasteiger partial charge in [0, 0.05) is 25.2 Å². The average Bonchev–Trinajstić information content (AvgIpc) is 3.32. The molecule has 1 saturated carbocycles. The fourth-order valence-corrected chi connectivity index (χ4v) is 5.15. The van der Waals surface area contributed by atoms with E-state index in [0.29, 0.717) is 18.0 Å². The summed E-state index contributed by atoms with van der Waals surface area (Å²) in [5, 5.41) is 8.39. The highest BCUT2D eigenvalue weighted by molar-refractivity contribution is 5.84. The van der Waals surface area contributed by atoms with Crippen LogP contribution in [0, 0.1) is 5.41 Å². The van der Waals surface area contributed by atoms with E-state index in [2.05, 4.69) is 38.4 Å². The van der Waals surface area contributed by atoms with E-state index in [1.807, 2.05) is 6.33 Å². The summed E-state index contributed by atoms with van der Waals surface area (Å²) in [5.41, 5.74) is -0.135. The van der Waals surface area contributed by atoms with Crippen molar-refractivity contribution >= 4 is 5.91 Å². The van der Waals surface area contributed by atoms with Crippen molar-refractivity contribution in [2.24, 2.45) is 5.41 Å². The molecule has 1 unspecified atom stereocenters. The van der Waals surface area contributed by atoms with Gasteiger partial charge >= 0.3 is 0 Å². The first-order chi connectivity index (χ1) is 12.1. The zero-order valence-corrected chi connectivity index (χ0v) is 15.7. The van der Waals surface area contributed by atoms with Gasteiger partial charge in [-0.2, -0.15) is 0 Å². The third kappa shape index (κ3) is 3.09. The van der Waals surface area contributed by atoms with Gasteiger partial charge in [-0.05, 0) is 52.5 Å². The Morgan fingerprint density at radius 1 is 1.20 bits per heavy atom. The lowest BCUT2D eigenvalue weighted by atomic mass is 9.77. The van der Waals surface area contributed by atoms with Gasteiger partial charge in [-0.25, -0.2) is 0 Å². The number of likely N-dealkylation sites (tertiary alicyclic amines) is 2. The maximum Gasteiger partial charge on any atom is 0.230 e. The molecule has 1 atom stereocenters. The average molecular weight is 345 g/mol. The SMILES string of the molecule is CC(C)n1cnnc1CN1CCC2(CCCN(C3CCCC3)C2=O)C1. The third-order valence-electron chi connectivity index (χ3n) is 6.54. The number of rotatable bonds is 4. The van der Waals surface area contributed by atoms with Crippen LogP contribution in [0.3, 0.4) is 0 Å². The highest BCUT2D eigenvalue weighted by Crippen LogP contribution is 2.42. The van der Waals surface area contributed by atoms with E-state index in [4.69, 9.17) is 0 Å². The second kappa shape index (κ2) is 6.71. The van der Waals surface area contributed by atoms with Crippen LogP contribution in [0.25, 0.3) is 0 Å². The molecule has 0 bridgehead atoms. The van der Waals surface area contributed by atoms with Crippen molar-refractivity contribution in [3.8, 4) is 0 Å². The Morgan fingerprint density at radius 3 is 2.76 bits per heavy atom. The smallest absolute Gasteiger partial charge is 0.230 e. The highest BCUT2D eigenvalue weighted by Gasteiger charge is 2.49. The van der Waals surface area contributed by atoms with Gasteiger partial charge in [0.1, 0.15) is 12.2 Å². The number of aromatic nitrogens is 3. The Labute approximate surface area is 150 Å². The van der Waals surface area contributed by atoms with Crippen LogP contribution in [-0.4, -0.2) is 56.1 Å². The van der Waals surface area contributed by atoms with E-state index in [-0.39, 0.29) is 5.41 Å². The zero-order chi connectivity index (χ0) is 17.4. The van der Waals surface area contributed by atoms with Crippen molar-refractivity contribution in [2.45, 2.75) is 77.4 Å². The number of amides is 1. The zero-order valence-electron chi connectivity index (χ0n) is 15.7. The van der Waals surface area contributed by atoms with Gasteiger partial charge in [0.25, 0.3) is 0 Å². The minimum absolute atomic E-state index is 0.135. The lowest BCUT2D eigenvalue weighted by Crippen LogP contribution is -2.53. The standard InChI is InChI=1S/C19H31N5O/c1-15(2)24-14-20-21-17(24)12-22-11-9-19(13-22)8-5-10-23(18(19)25)16-6-3-4-7-16/h14-16H,3-13H2,1-2H3. The molecule has 2 aliphatic heterocycles. The van der Waals surface area contributed by atoms with Gasteiger partial charge in [0.15, 0.2) is 0 Å². The number of hydrogen-bond donors (Lipinski definition) is 0. The Morgan fingerprint density at radius 2 is 2.00 bits per heavy atom. The molecule has 2 saturated heterocycles. The van der Waals surface area contributed by atoms with Crippen LogP contribution >= 0.6 is 0 Å². The van der Waals surface area contributed by atoms with Gasteiger partial charge < -0.3 is 9.47 Å². The van der Waals surface area contributed by atoms with Crippen LogP contribution in [0.4, 0.5) is 0 Å². The highest BCUT2D eigenvalue weighted by atomic mass is 16.2. The molecule has 6 heteroatoms. The lowest BCUT2D eigenvalue weighted by molar-refractivity contribution is -0.148. The second-order valence-electron chi connectivity index (χ2n) is 8.53. The largest absolute Gasteiger partial charge is 0.339 e. The van der Waals surface area contributed by atoms with E-state index in [9.17, 15) is 4.79 Å². The molecule has 1 spiro atoms. The Kier molecular flexibility index (Phi) is 4.56. The maximum atomic E-state index is 13.3. The van der Waals surface area contributed by atoms with Crippen LogP contribution < -0.4 is 0 Å². The molecule has 138 valence electrons.